The van der Waals surface area contributed by atoms with E-state index < -0.39 is 0 Å². The van der Waals surface area contributed by atoms with Gasteiger partial charge in [-0.1, -0.05) is 50.3 Å². The molecule has 1 aliphatic heterocycles. The largest absolute Gasteiger partial charge is 0.383 e. The number of ether oxygens (including phenoxy) is 1. The van der Waals surface area contributed by atoms with Gasteiger partial charge in [-0.2, -0.15) is 0 Å². The Kier molecular flexibility index (Phi) is 3.91. The molecule has 2 aliphatic rings. The summed E-state index contributed by atoms with van der Waals surface area (Å²) in [4.78, 5) is 15.4. The molecule has 0 bridgehead atoms. The molecule has 22 heavy (non-hydrogen) atoms. The zero-order valence-electron chi connectivity index (χ0n) is 13.3. The van der Waals surface area contributed by atoms with Gasteiger partial charge in [0.2, 0.25) is 0 Å². The Morgan fingerprint density at radius 1 is 1.32 bits per heavy atom. The molecule has 0 atom stereocenters. The molecule has 0 saturated carbocycles. The lowest BCUT2D eigenvalue weighted by atomic mass is 9.68. The molecule has 0 spiro atoms. The number of thiocarbonyl (C=S) groups is 1. The summed E-state index contributed by atoms with van der Waals surface area (Å²) in [5.41, 5.74) is 4.39. The fourth-order valence-corrected chi connectivity index (χ4v) is 3.90. The van der Waals surface area contributed by atoms with Crippen LogP contribution in [0.1, 0.15) is 31.4 Å². The second-order valence-electron chi connectivity index (χ2n) is 6.59. The van der Waals surface area contributed by atoms with E-state index in [1.165, 1.54) is 11.1 Å². The second-order valence-corrected chi connectivity index (χ2v) is 7.06. The Bertz CT molecular complexity index is 675. The number of amides is 1. The molecule has 4 heteroatoms. The van der Waals surface area contributed by atoms with Crippen molar-refractivity contribution in [3.63, 3.8) is 0 Å². The van der Waals surface area contributed by atoms with Gasteiger partial charge in [0.15, 0.2) is 0 Å². The summed E-state index contributed by atoms with van der Waals surface area (Å²) >= 11 is 5.51. The van der Waals surface area contributed by atoms with E-state index in [9.17, 15) is 4.79 Å². The van der Waals surface area contributed by atoms with Crippen LogP contribution in [0.2, 0.25) is 0 Å². The van der Waals surface area contributed by atoms with Gasteiger partial charge in [0.1, 0.15) is 0 Å². The van der Waals surface area contributed by atoms with Crippen molar-refractivity contribution in [3.8, 4) is 0 Å². The Labute approximate surface area is 137 Å². The fourth-order valence-electron chi connectivity index (χ4n) is 3.58. The minimum Gasteiger partial charge on any atom is -0.383 e. The first-order chi connectivity index (χ1) is 10.5. The van der Waals surface area contributed by atoms with Gasteiger partial charge in [-0.3, -0.25) is 4.79 Å². The number of hydrogen-bond acceptors (Lipinski definition) is 3. The summed E-state index contributed by atoms with van der Waals surface area (Å²) in [7, 11) is 1.64. The molecule has 116 valence electrons. The first kappa shape index (κ1) is 15.4. The smallest absolute Gasteiger partial charge is 0.255 e. The normalized spacial score (nSPS) is 20.0. The molecule has 0 radical (unpaired) electrons. The molecule has 1 heterocycles. The molecule has 0 aromatic heterocycles. The van der Waals surface area contributed by atoms with Crippen molar-refractivity contribution in [2.24, 2.45) is 5.41 Å². The highest BCUT2D eigenvalue weighted by atomic mass is 32.1. The molecule has 0 unspecified atom stereocenters. The third kappa shape index (κ3) is 2.40. The Balaban J connectivity index is 2.10. The highest BCUT2D eigenvalue weighted by Gasteiger charge is 2.42. The lowest BCUT2D eigenvalue weighted by Gasteiger charge is -2.41. The summed E-state index contributed by atoms with van der Waals surface area (Å²) in [5.74, 6) is 0.0582. The molecule has 1 aromatic carbocycles. The van der Waals surface area contributed by atoms with Gasteiger partial charge >= 0.3 is 0 Å². The maximum absolute atomic E-state index is 13.0. The first-order valence-corrected chi connectivity index (χ1v) is 8.02. The topological polar surface area (TPSA) is 29.5 Å². The van der Waals surface area contributed by atoms with Gasteiger partial charge in [-0.25, -0.2) is 0 Å². The van der Waals surface area contributed by atoms with Crippen LogP contribution in [-0.2, 0) is 16.0 Å². The first-order valence-electron chi connectivity index (χ1n) is 7.61. The molecule has 3 nitrogen and oxygen atoms in total. The van der Waals surface area contributed by atoms with Gasteiger partial charge in [-0.15, -0.1) is 0 Å². The maximum atomic E-state index is 13.0. The van der Waals surface area contributed by atoms with Crippen LogP contribution < -0.4 is 0 Å². The molecule has 1 aliphatic carbocycles. The van der Waals surface area contributed by atoms with Gasteiger partial charge < -0.3 is 9.64 Å². The van der Waals surface area contributed by atoms with Crippen molar-refractivity contribution in [2.45, 2.75) is 26.7 Å². The van der Waals surface area contributed by atoms with Crippen LogP contribution in [0.3, 0.4) is 0 Å². The van der Waals surface area contributed by atoms with Crippen LogP contribution in [0.15, 0.2) is 29.8 Å². The van der Waals surface area contributed by atoms with Gasteiger partial charge in [0.25, 0.3) is 5.91 Å². The van der Waals surface area contributed by atoms with Crippen molar-refractivity contribution in [3.05, 3.63) is 41.0 Å². The number of benzene rings is 1. The summed E-state index contributed by atoms with van der Waals surface area (Å²) in [6.45, 7) is 5.34. The van der Waals surface area contributed by atoms with Gasteiger partial charge in [0, 0.05) is 19.1 Å². The van der Waals surface area contributed by atoms with Crippen LogP contribution in [0.25, 0.3) is 5.57 Å². The zero-order chi connectivity index (χ0) is 15.9. The van der Waals surface area contributed by atoms with Crippen LogP contribution in [-0.4, -0.2) is 36.1 Å². The molecular formula is C18H21NO2S. The van der Waals surface area contributed by atoms with E-state index in [4.69, 9.17) is 17.0 Å². The number of methoxy groups -OCH3 is 1. The van der Waals surface area contributed by atoms with E-state index in [0.717, 1.165) is 17.6 Å². The summed E-state index contributed by atoms with van der Waals surface area (Å²) < 4.78 is 5.12. The number of rotatable bonds is 3. The molecule has 1 aromatic rings. The zero-order valence-corrected chi connectivity index (χ0v) is 14.1. The predicted molar refractivity (Wildman–Crippen MR) is 91.7 cm³/mol. The fraction of sp³-hybridized carbons (Fsp3) is 0.444. The van der Waals surface area contributed by atoms with E-state index in [0.29, 0.717) is 24.6 Å². The van der Waals surface area contributed by atoms with Crippen molar-refractivity contribution < 1.29 is 9.53 Å². The SMILES string of the molecule is COCCN1C(=O)C2=C(CC1=S)c1ccccc1CC2(C)C. The van der Waals surface area contributed by atoms with E-state index in [2.05, 4.69) is 32.0 Å². The van der Waals surface area contributed by atoms with E-state index in [1.54, 1.807) is 12.0 Å². The molecule has 1 amide bonds. The minimum absolute atomic E-state index is 0.0582. The highest BCUT2D eigenvalue weighted by Crippen LogP contribution is 2.46. The third-order valence-electron chi connectivity index (χ3n) is 4.56. The van der Waals surface area contributed by atoms with Crippen molar-refractivity contribution in [1.82, 2.24) is 4.90 Å². The van der Waals surface area contributed by atoms with E-state index in [1.807, 2.05) is 6.07 Å². The maximum Gasteiger partial charge on any atom is 0.255 e. The number of carbonyl (C=O) groups excluding carboxylic acids is 1. The summed E-state index contributed by atoms with van der Waals surface area (Å²) in [6.07, 6.45) is 1.55. The molecule has 0 fully saturated rings. The van der Waals surface area contributed by atoms with Crippen molar-refractivity contribution in [1.29, 1.82) is 0 Å². The molecule has 3 rings (SSSR count). The quantitative estimate of drug-likeness (QED) is 0.802. The Hall–Kier alpha value is -1.52. The van der Waals surface area contributed by atoms with Crippen LogP contribution in [0, 0.1) is 5.41 Å². The average Bonchev–Trinajstić information content (AvgIpc) is 2.45. The monoisotopic (exact) mass is 315 g/mol. The van der Waals surface area contributed by atoms with Crippen LogP contribution in [0.4, 0.5) is 0 Å². The second kappa shape index (κ2) is 5.60. The summed E-state index contributed by atoms with van der Waals surface area (Å²) in [5, 5.41) is 0. The number of hydrogen-bond donors (Lipinski definition) is 0. The predicted octanol–water partition coefficient (Wildman–Crippen LogP) is 3.23. The van der Waals surface area contributed by atoms with E-state index >= 15 is 0 Å². The molecule has 0 N–H and O–H groups in total. The molecule has 0 saturated heterocycles. The van der Waals surface area contributed by atoms with Crippen LogP contribution in [0.5, 0.6) is 0 Å². The Morgan fingerprint density at radius 3 is 2.77 bits per heavy atom. The lowest BCUT2D eigenvalue weighted by Crippen LogP contribution is -2.47. The third-order valence-corrected chi connectivity index (χ3v) is 4.93. The summed E-state index contributed by atoms with van der Waals surface area (Å²) in [6, 6.07) is 8.37. The van der Waals surface area contributed by atoms with Crippen molar-refractivity contribution in [2.75, 3.05) is 20.3 Å². The highest BCUT2D eigenvalue weighted by molar-refractivity contribution is 7.80. The van der Waals surface area contributed by atoms with E-state index in [-0.39, 0.29) is 11.3 Å². The van der Waals surface area contributed by atoms with Crippen molar-refractivity contribution >= 4 is 28.7 Å². The number of nitrogens with zero attached hydrogens (tertiary/aromatic N) is 1. The van der Waals surface area contributed by atoms with Crippen LogP contribution >= 0.6 is 12.2 Å². The van der Waals surface area contributed by atoms with Gasteiger partial charge in [0.05, 0.1) is 18.1 Å². The standard InChI is InChI=1S/C18H21NO2S/c1-18(2)11-12-6-4-5-7-13(12)14-10-15(22)19(8-9-21-3)17(20)16(14)18/h4-7H,8-11H2,1-3H3. The lowest BCUT2D eigenvalue weighted by molar-refractivity contribution is -0.125. The average molecular weight is 315 g/mol. The van der Waals surface area contributed by atoms with Gasteiger partial charge in [-0.05, 0) is 28.5 Å². The number of carbonyl (C=O) groups is 1. The number of fused-ring (bicyclic) bond motifs is 2. The molecular weight excluding hydrogens is 294 g/mol. The Morgan fingerprint density at radius 2 is 2.05 bits per heavy atom. The minimum atomic E-state index is -0.165.